The Kier molecular flexibility index (Phi) is 5.07. The third-order valence-corrected chi connectivity index (χ3v) is 4.62. The minimum Gasteiger partial charge on any atom is -0.381 e. The number of pyridine rings is 1. The van der Waals surface area contributed by atoms with Gasteiger partial charge in [-0.2, -0.15) is 0 Å². The second-order valence-electron chi connectivity index (χ2n) is 6.31. The zero-order valence-electron chi connectivity index (χ0n) is 13.4. The summed E-state index contributed by atoms with van der Waals surface area (Å²) in [6.45, 7) is 5.63. The van der Waals surface area contributed by atoms with E-state index in [0.29, 0.717) is 17.3 Å². The summed E-state index contributed by atoms with van der Waals surface area (Å²) in [7, 11) is 0. The maximum atomic E-state index is 11.3. The zero-order valence-corrected chi connectivity index (χ0v) is 13.4. The molecule has 23 heavy (non-hydrogen) atoms. The highest BCUT2D eigenvalue weighted by Gasteiger charge is 2.28. The predicted octanol–water partition coefficient (Wildman–Crippen LogP) is 2.32. The first-order chi connectivity index (χ1) is 11.1. The van der Waals surface area contributed by atoms with Gasteiger partial charge < -0.3 is 14.4 Å². The van der Waals surface area contributed by atoms with Crippen LogP contribution in [0.1, 0.15) is 24.8 Å². The van der Waals surface area contributed by atoms with E-state index in [0.717, 1.165) is 52.2 Å². The molecule has 0 N–H and O–H groups in total. The number of nitrogens with zero attached hydrogens (tertiary/aromatic N) is 3. The summed E-state index contributed by atoms with van der Waals surface area (Å²) in [5.74, 6) is 1.00. The molecule has 7 nitrogen and oxygen atoms in total. The molecule has 2 saturated heterocycles. The van der Waals surface area contributed by atoms with Crippen molar-refractivity contribution in [3.05, 3.63) is 27.9 Å². The smallest absolute Gasteiger partial charge is 0.314 e. The number of nitro groups is 1. The van der Waals surface area contributed by atoms with E-state index in [1.165, 1.54) is 0 Å². The van der Waals surface area contributed by atoms with E-state index in [1.807, 2.05) is 4.90 Å². The largest absolute Gasteiger partial charge is 0.381 e. The third-order valence-electron chi connectivity index (χ3n) is 4.62. The van der Waals surface area contributed by atoms with Crippen LogP contribution in [-0.2, 0) is 9.47 Å². The van der Waals surface area contributed by atoms with Gasteiger partial charge in [0, 0.05) is 37.4 Å². The van der Waals surface area contributed by atoms with Crippen LogP contribution in [-0.4, -0.2) is 48.9 Å². The van der Waals surface area contributed by atoms with Crippen LogP contribution in [0, 0.1) is 23.0 Å². The molecule has 1 atom stereocenters. The molecular weight excluding hydrogens is 298 g/mol. The van der Waals surface area contributed by atoms with Gasteiger partial charge in [-0.15, -0.1) is 0 Å². The lowest BCUT2D eigenvalue weighted by Crippen LogP contribution is -2.38. The highest BCUT2D eigenvalue weighted by atomic mass is 16.6. The van der Waals surface area contributed by atoms with Crippen LogP contribution in [0.15, 0.2) is 12.3 Å². The van der Waals surface area contributed by atoms with Crippen molar-refractivity contribution in [2.45, 2.75) is 32.3 Å². The first-order valence-corrected chi connectivity index (χ1v) is 8.19. The van der Waals surface area contributed by atoms with Crippen molar-refractivity contribution in [2.75, 3.05) is 37.8 Å². The normalized spacial score (nSPS) is 22.5. The molecule has 3 rings (SSSR count). The van der Waals surface area contributed by atoms with Gasteiger partial charge in [-0.25, -0.2) is 4.98 Å². The molecule has 0 aliphatic carbocycles. The Morgan fingerprint density at radius 3 is 2.87 bits per heavy atom. The van der Waals surface area contributed by atoms with Gasteiger partial charge in [0.2, 0.25) is 5.82 Å². The average molecular weight is 321 g/mol. The van der Waals surface area contributed by atoms with Crippen LogP contribution < -0.4 is 4.90 Å². The first kappa shape index (κ1) is 16.1. The number of piperidine rings is 1. The van der Waals surface area contributed by atoms with Crippen molar-refractivity contribution in [2.24, 2.45) is 5.92 Å². The monoisotopic (exact) mass is 321 g/mol. The summed E-state index contributed by atoms with van der Waals surface area (Å²) in [6, 6.07) is 1.68. The van der Waals surface area contributed by atoms with Crippen molar-refractivity contribution in [1.29, 1.82) is 0 Å². The topological polar surface area (TPSA) is 77.7 Å². The van der Waals surface area contributed by atoms with Crippen LogP contribution in [0.4, 0.5) is 11.5 Å². The first-order valence-electron chi connectivity index (χ1n) is 8.19. The number of hydrogen-bond donors (Lipinski definition) is 0. The average Bonchev–Trinajstić information content (AvgIpc) is 3.06. The zero-order chi connectivity index (χ0) is 16.2. The number of anilines is 1. The molecule has 0 spiro atoms. The summed E-state index contributed by atoms with van der Waals surface area (Å²) >= 11 is 0. The van der Waals surface area contributed by atoms with E-state index < -0.39 is 0 Å². The van der Waals surface area contributed by atoms with Crippen LogP contribution in [0.3, 0.4) is 0 Å². The van der Waals surface area contributed by atoms with E-state index in [1.54, 1.807) is 19.2 Å². The van der Waals surface area contributed by atoms with Crippen molar-refractivity contribution in [3.8, 4) is 0 Å². The number of hydrogen-bond acceptors (Lipinski definition) is 6. The molecule has 2 aliphatic rings. The molecule has 0 saturated carbocycles. The van der Waals surface area contributed by atoms with Crippen LogP contribution >= 0.6 is 0 Å². The maximum Gasteiger partial charge on any atom is 0.314 e. The fourth-order valence-corrected chi connectivity index (χ4v) is 3.21. The summed E-state index contributed by atoms with van der Waals surface area (Å²) in [4.78, 5) is 17.2. The number of ether oxygens (including phenoxy) is 2. The van der Waals surface area contributed by atoms with Crippen LogP contribution in [0.5, 0.6) is 0 Å². The molecule has 0 amide bonds. The van der Waals surface area contributed by atoms with E-state index in [4.69, 9.17) is 9.47 Å². The Balaban J connectivity index is 1.56. The molecule has 0 radical (unpaired) electrons. The Hall–Kier alpha value is -1.73. The highest BCUT2D eigenvalue weighted by molar-refractivity contribution is 5.61. The molecule has 2 aliphatic heterocycles. The SMILES string of the molecule is Cc1ccnc(N2CCC(OCC3CCOC3)CC2)c1[N+](=O)[O-]. The van der Waals surface area contributed by atoms with Crippen molar-refractivity contribution >= 4 is 11.5 Å². The fraction of sp³-hybridized carbons (Fsp3) is 0.688. The minimum atomic E-state index is -0.333. The molecular formula is C16H23N3O4. The summed E-state index contributed by atoms with van der Waals surface area (Å²) in [5, 5.41) is 11.3. The van der Waals surface area contributed by atoms with Gasteiger partial charge in [0.25, 0.3) is 0 Å². The Bertz CT molecular complexity index is 552. The lowest BCUT2D eigenvalue weighted by molar-refractivity contribution is -0.384. The van der Waals surface area contributed by atoms with Gasteiger partial charge in [0.1, 0.15) is 0 Å². The van der Waals surface area contributed by atoms with E-state index >= 15 is 0 Å². The van der Waals surface area contributed by atoms with Gasteiger partial charge in [-0.05, 0) is 32.3 Å². The Morgan fingerprint density at radius 1 is 1.43 bits per heavy atom. The standard InChI is InChI=1S/C16H23N3O4/c1-12-2-6-17-16(15(12)19(20)21)18-7-3-14(4-8-18)23-11-13-5-9-22-10-13/h2,6,13-14H,3-5,7-11H2,1H3. The number of rotatable bonds is 5. The summed E-state index contributed by atoms with van der Waals surface area (Å²) < 4.78 is 11.3. The summed E-state index contributed by atoms with van der Waals surface area (Å²) in [6.07, 6.45) is 4.70. The van der Waals surface area contributed by atoms with E-state index in [9.17, 15) is 10.1 Å². The molecule has 2 fully saturated rings. The van der Waals surface area contributed by atoms with Crippen molar-refractivity contribution < 1.29 is 14.4 Å². The maximum absolute atomic E-state index is 11.3. The molecule has 126 valence electrons. The lowest BCUT2D eigenvalue weighted by atomic mass is 10.1. The van der Waals surface area contributed by atoms with Gasteiger partial charge in [-0.3, -0.25) is 10.1 Å². The molecule has 7 heteroatoms. The van der Waals surface area contributed by atoms with Gasteiger partial charge in [0.05, 0.1) is 24.2 Å². The fourth-order valence-electron chi connectivity index (χ4n) is 3.21. The number of aryl methyl sites for hydroxylation is 1. The molecule has 1 aromatic heterocycles. The summed E-state index contributed by atoms with van der Waals surface area (Å²) in [5.41, 5.74) is 0.773. The number of aromatic nitrogens is 1. The van der Waals surface area contributed by atoms with Gasteiger partial charge in [0.15, 0.2) is 0 Å². The van der Waals surface area contributed by atoms with Gasteiger partial charge >= 0.3 is 5.69 Å². The third kappa shape index (κ3) is 3.79. The molecule has 1 aromatic rings. The second-order valence-corrected chi connectivity index (χ2v) is 6.31. The molecule has 0 aromatic carbocycles. The van der Waals surface area contributed by atoms with Crippen LogP contribution in [0.2, 0.25) is 0 Å². The second kappa shape index (κ2) is 7.23. The molecule has 3 heterocycles. The lowest BCUT2D eigenvalue weighted by Gasteiger charge is -2.32. The Labute approximate surface area is 135 Å². The highest BCUT2D eigenvalue weighted by Crippen LogP contribution is 2.31. The van der Waals surface area contributed by atoms with E-state index in [-0.39, 0.29) is 16.7 Å². The minimum absolute atomic E-state index is 0.120. The quantitative estimate of drug-likeness (QED) is 0.612. The predicted molar refractivity (Wildman–Crippen MR) is 85.7 cm³/mol. The van der Waals surface area contributed by atoms with Crippen molar-refractivity contribution in [1.82, 2.24) is 4.98 Å². The van der Waals surface area contributed by atoms with Crippen LogP contribution in [0.25, 0.3) is 0 Å². The van der Waals surface area contributed by atoms with Gasteiger partial charge in [-0.1, -0.05) is 0 Å². The molecule has 0 bridgehead atoms. The Morgan fingerprint density at radius 2 is 2.22 bits per heavy atom. The van der Waals surface area contributed by atoms with E-state index in [2.05, 4.69) is 4.98 Å². The molecule has 1 unspecified atom stereocenters. The van der Waals surface area contributed by atoms with Crippen molar-refractivity contribution in [3.63, 3.8) is 0 Å².